The van der Waals surface area contributed by atoms with Gasteiger partial charge in [0.05, 0.1) is 14.2 Å². The van der Waals surface area contributed by atoms with Crippen molar-refractivity contribution in [2.75, 3.05) is 19.5 Å². The first-order valence-electron chi connectivity index (χ1n) is 8.86. The molecule has 0 heterocycles. The highest BCUT2D eigenvalue weighted by atomic mass is 16.5. The van der Waals surface area contributed by atoms with Crippen LogP contribution in [0.2, 0.25) is 0 Å². The van der Waals surface area contributed by atoms with Crippen LogP contribution in [0.25, 0.3) is 0 Å². The number of anilines is 1. The monoisotopic (exact) mass is 361 g/mol. The lowest BCUT2D eigenvalue weighted by molar-refractivity contribution is 0.102. The van der Waals surface area contributed by atoms with Crippen LogP contribution >= 0.6 is 0 Å². The summed E-state index contributed by atoms with van der Waals surface area (Å²) in [7, 11) is 3.26. The zero-order valence-electron chi connectivity index (χ0n) is 15.6. The molecule has 4 heteroatoms. The number of ether oxygens (including phenoxy) is 2. The van der Waals surface area contributed by atoms with Gasteiger partial charge in [-0.3, -0.25) is 4.79 Å². The summed E-state index contributed by atoms with van der Waals surface area (Å²) < 4.78 is 10.5. The van der Waals surface area contributed by atoms with E-state index in [-0.39, 0.29) is 5.91 Å². The van der Waals surface area contributed by atoms with Crippen molar-refractivity contribution in [1.29, 1.82) is 0 Å². The average Bonchev–Trinajstić information content (AvgIpc) is 2.73. The predicted octanol–water partition coefficient (Wildman–Crippen LogP) is 4.74. The average molecular weight is 361 g/mol. The van der Waals surface area contributed by atoms with E-state index in [1.165, 1.54) is 5.56 Å². The number of carbonyl (C=O) groups excluding carboxylic acids is 1. The summed E-state index contributed by atoms with van der Waals surface area (Å²) in [5, 5.41) is 3.02. The number of amides is 1. The summed E-state index contributed by atoms with van der Waals surface area (Å²) in [4.78, 5) is 12.6. The van der Waals surface area contributed by atoms with Gasteiger partial charge in [0.15, 0.2) is 0 Å². The second-order valence-corrected chi connectivity index (χ2v) is 6.19. The Balaban J connectivity index is 1.72. The van der Waals surface area contributed by atoms with E-state index >= 15 is 0 Å². The van der Waals surface area contributed by atoms with Crippen molar-refractivity contribution in [2.45, 2.75) is 12.8 Å². The summed E-state index contributed by atoms with van der Waals surface area (Å²) in [6, 6.07) is 23.1. The number of benzene rings is 3. The van der Waals surface area contributed by atoms with Crippen molar-refractivity contribution in [3.63, 3.8) is 0 Å². The standard InChI is InChI=1S/C23H23NO3/c1-26-20-10-5-7-17(15-20)13-14-18-8-3-4-12-22(18)24-23(25)19-9-6-11-21(16-19)27-2/h3-12,15-16H,13-14H2,1-2H3,(H,24,25). The maximum Gasteiger partial charge on any atom is 0.255 e. The fourth-order valence-corrected chi connectivity index (χ4v) is 2.93. The maximum atomic E-state index is 12.6. The van der Waals surface area contributed by atoms with E-state index in [9.17, 15) is 4.79 Å². The van der Waals surface area contributed by atoms with Crippen LogP contribution in [0.5, 0.6) is 11.5 Å². The quantitative estimate of drug-likeness (QED) is 0.661. The third kappa shape index (κ3) is 4.88. The van der Waals surface area contributed by atoms with Crippen molar-refractivity contribution in [2.24, 2.45) is 0 Å². The fourth-order valence-electron chi connectivity index (χ4n) is 2.93. The number of hydrogen-bond donors (Lipinski definition) is 1. The highest BCUT2D eigenvalue weighted by Crippen LogP contribution is 2.21. The van der Waals surface area contributed by atoms with Gasteiger partial charge in [-0.25, -0.2) is 0 Å². The van der Waals surface area contributed by atoms with Gasteiger partial charge in [-0.15, -0.1) is 0 Å². The van der Waals surface area contributed by atoms with Gasteiger partial charge in [0, 0.05) is 11.3 Å². The van der Waals surface area contributed by atoms with Crippen LogP contribution in [-0.4, -0.2) is 20.1 Å². The number of rotatable bonds is 7. The molecule has 0 saturated carbocycles. The molecule has 0 aliphatic carbocycles. The minimum Gasteiger partial charge on any atom is -0.497 e. The number of para-hydroxylation sites is 1. The van der Waals surface area contributed by atoms with Gasteiger partial charge in [0.25, 0.3) is 5.91 Å². The molecule has 3 aromatic rings. The number of carbonyl (C=O) groups is 1. The van der Waals surface area contributed by atoms with Gasteiger partial charge in [-0.05, 0) is 60.4 Å². The molecule has 138 valence electrons. The van der Waals surface area contributed by atoms with Crippen LogP contribution in [-0.2, 0) is 12.8 Å². The minimum absolute atomic E-state index is 0.150. The summed E-state index contributed by atoms with van der Waals surface area (Å²) in [5.74, 6) is 1.36. The Morgan fingerprint density at radius 1 is 0.815 bits per heavy atom. The molecule has 0 aliphatic heterocycles. The Bertz CT molecular complexity index is 921. The second-order valence-electron chi connectivity index (χ2n) is 6.19. The van der Waals surface area contributed by atoms with Gasteiger partial charge in [-0.1, -0.05) is 36.4 Å². The topological polar surface area (TPSA) is 47.6 Å². The lowest BCUT2D eigenvalue weighted by Crippen LogP contribution is -2.13. The lowest BCUT2D eigenvalue weighted by atomic mass is 10.0. The molecule has 1 amide bonds. The fraction of sp³-hybridized carbons (Fsp3) is 0.174. The summed E-state index contributed by atoms with van der Waals surface area (Å²) in [6.45, 7) is 0. The molecule has 0 bridgehead atoms. The molecule has 3 aromatic carbocycles. The summed E-state index contributed by atoms with van der Waals surface area (Å²) in [6.07, 6.45) is 1.69. The third-order valence-corrected chi connectivity index (χ3v) is 4.41. The van der Waals surface area contributed by atoms with E-state index in [1.807, 2.05) is 54.6 Å². The zero-order valence-corrected chi connectivity index (χ0v) is 15.6. The van der Waals surface area contributed by atoms with Gasteiger partial charge in [0.1, 0.15) is 11.5 Å². The molecule has 0 radical (unpaired) electrons. The normalized spacial score (nSPS) is 10.3. The van der Waals surface area contributed by atoms with Crippen molar-refractivity contribution in [3.8, 4) is 11.5 Å². The molecule has 4 nitrogen and oxygen atoms in total. The SMILES string of the molecule is COc1cccc(CCc2ccccc2NC(=O)c2cccc(OC)c2)c1. The number of aryl methyl sites for hydroxylation is 2. The highest BCUT2D eigenvalue weighted by molar-refractivity contribution is 6.04. The Morgan fingerprint density at radius 2 is 1.52 bits per heavy atom. The molecule has 0 aliphatic rings. The molecular formula is C23H23NO3. The smallest absolute Gasteiger partial charge is 0.255 e. The molecular weight excluding hydrogens is 338 g/mol. The minimum atomic E-state index is -0.150. The second kappa shape index (κ2) is 8.90. The van der Waals surface area contributed by atoms with Crippen molar-refractivity contribution in [3.05, 3.63) is 89.5 Å². The van der Waals surface area contributed by atoms with Gasteiger partial charge in [0.2, 0.25) is 0 Å². The van der Waals surface area contributed by atoms with E-state index in [1.54, 1.807) is 26.4 Å². The molecule has 0 spiro atoms. The maximum absolute atomic E-state index is 12.6. The molecule has 0 atom stereocenters. The van der Waals surface area contributed by atoms with Gasteiger partial charge in [-0.2, -0.15) is 0 Å². The molecule has 0 saturated heterocycles. The highest BCUT2D eigenvalue weighted by Gasteiger charge is 2.10. The van der Waals surface area contributed by atoms with Crippen molar-refractivity contribution in [1.82, 2.24) is 0 Å². The Kier molecular flexibility index (Phi) is 6.10. The van der Waals surface area contributed by atoms with Crippen LogP contribution in [0.3, 0.4) is 0 Å². The third-order valence-electron chi connectivity index (χ3n) is 4.41. The van der Waals surface area contributed by atoms with Crippen LogP contribution < -0.4 is 14.8 Å². The summed E-state index contributed by atoms with van der Waals surface area (Å²) in [5.41, 5.74) is 3.69. The van der Waals surface area contributed by atoms with Gasteiger partial charge < -0.3 is 14.8 Å². The molecule has 0 aromatic heterocycles. The number of nitrogens with one attached hydrogen (secondary N) is 1. The van der Waals surface area contributed by atoms with Crippen LogP contribution in [0.1, 0.15) is 21.5 Å². The van der Waals surface area contributed by atoms with Crippen LogP contribution in [0.15, 0.2) is 72.8 Å². The number of hydrogen-bond acceptors (Lipinski definition) is 3. The predicted molar refractivity (Wildman–Crippen MR) is 108 cm³/mol. The molecule has 0 unspecified atom stereocenters. The number of methoxy groups -OCH3 is 2. The summed E-state index contributed by atoms with van der Waals surface area (Å²) >= 11 is 0. The van der Waals surface area contributed by atoms with E-state index in [0.717, 1.165) is 29.8 Å². The van der Waals surface area contributed by atoms with E-state index < -0.39 is 0 Å². The van der Waals surface area contributed by atoms with Gasteiger partial charge >= 0.3 is 0 Å². The van der Waals surface area contributed by atoms with Crippen LogP contribution in [0.4, 0.5) is 5.69 Å². The zero-order chi connectivity index (χ0) is 19.1. The Morgan fingerprint density at radius 3 is 2.30 bits per heavy atom. The molecule has 27 heavy (non-hydrogen) atoms. The van der Waals surface area contributed by atoms with E-state index in [4.69, 9.17) is 9.47 Å². The molecule has 1 N–H and O–H groups in total. The Hall–Kier alpha value is -3.27. The lowest BCUT2D eigenvalue weighted by Gasteiger charge is -2.12. The first kappa shape index (κ1) is 18.5. The van der Waals surface area contributed by atoms with E-state index in [0.29, 0.717) is 11.3 Å². The van der Waals surface area contributed by atoms with Crippen LogP contribution in [0, 0.1) is 0 Å². The Labute approximate surface area is 159 Å². The van der Waals surface area contributed by atoms with Crippen molar-refractivity contribution >= 4 is 11.6 Å². The molecule has 3 rings (SSSR count). The molecule has 0 fully saturated rings. The van der Waals surface area contributed by atoms with Crippen molar-refractivity contribution < 1.29 is 14.3 Å². The largest absolute Gasteiger partial charge is 0.497 e. The first-order chi connectivity index (χ1) is 13.2. The van der Waals surface area contributed by atoms with E-state index in [2.05, 4.69) is 11.4 Å². The first-order valence-corrected chi connectivity index (χ1v) is 8.86.